The molecule has 0 aromatic carbocycles. The zero-order chi connectivity index (χ0) is 23.8. The molecule has 12 heteroatoms. The third-order valence-electron chi connectivity index (χ3n) is 4.42. The summed E-state index contributed by atoms with van der Waals surface area (Å²) in [6.45, 7) is 6.78. The van der Waals surface area contributed by atoms with Crippen LogP contribution in [-0.4, -0.2) is 64.1 Å². The summed E-state index contributed by atoms with van der Waals surface area (Å²) in [4.78, 5) is 46.7. The van der Waals surface area contributed by atoms with Gasteiger partial charge in [0.1, 0.15) is 12.1 Å². The van der Waals surface area contributed by atoms with Crippen LogP contribution in [0.3, 0.4) is 0 Å². The van der Waals surface area contributed by atoms with Gasteiger partial charge in [0.05, 0.1) is 6.04 Å². The number of carbonyl (C=O) groups excluding carboxylic acids is 2. The van der Waals surface area contributed by atoms with E-state index in [9.17, 15) is 33.1 Å². The fourth-order valence-electron chi connectivity index (χ4n) is 2.56. The number of rotatable bonds is 13. The van der Waals surface area contributed by atoms with Gasteiger partial charge in [-0.05, 0) is 24.7 Å². The molecule has 30 heavy (non-hydrogen) atoms. The first-order valence-corrected chi connectivity index (χ1v) is 9.55. The summed E-state index contributed by atoms with van der Waals surface area (Å²) < 4.78 is 27.4. The topological polar surface area (TPSA) is 185 Å². The number of carboxylic acid groups (broad SMARTS) is 2. The molecule has 1 unspecified atom stereocenters. The van der Waals surface area contributed by atoms with Gasteiger partial charge < -0.3 is 32.3 Å². The molecular weight excluding hydrogens is 406 g/mol. The van der Waals surface area contributed by atoms with Gasteiger partial charge in [-0.2, -0.15) is 0 Å². The van der Waals surface area contributed by atoms with Gasteiger partial charge >= 0.3 is 11.9 Å². The van der Waals surface area contributed by atoms with Crippen LogP contribution in [0.1, 0.15) is 47.0 Å². The molecule has 2 amide bonds. The average Bonchev–Trinajstić information content (AvgIpc) is 2.61. The lowest BCUT2D eigenvalue weighted by molar-refractivity contribution is -0.149. The minimum Gasteiger partial charge on any atom is -0.480 e. The summed E-state index contributed by atoms with van der Waals surface area (Å²) in [5, 5.41) is 22.5. The number of nitrogens with two attached hydrogens (primary N) is 2. The Morgan fingerprint density at radius 2 is 1.47 bits per heavy atom. The molecule has 10 nitrogen and oxygen atoms in total. The predicted octanol–water partition coefficient (Wildman–Crippen LogP) is -0.103. The van der Waals surface area contributed by atoms with E-state index in [2.05, 4.69) is 10.6 Å². The molecule has 0 bridgehead atoms. The second-order valence-corrected chi connectivity index (χ2v) is 7.98. The summed E-state index contributed by atoms with van der Waals surface area (Å²) in [6.07, 6.45) is -1.43. The SMILES string of the molecule is CC(C)C[C@H](NC(=O)[C@@H](NC(=O)[C@@H](N)CCC(F)(F)C(N)C(=O)O)C(C)C)C(=O)O. The van der Waals surface area contributed by atoms with E-state index in [1.807, 2.05) is 0 Å². The van der Waals surface area contributed by atoms with Crippen molar-refractivity contribution in [2.45, 2.75) is 77.0 Å². The molecule has 0 saturated heterocycles. The number of aliphatic carboxylic acids is 2. The molecule has 0 aliphatic rings. The minimum absolute atomic E-state index is 0.00856. The van der Waals surface area contributed by atoms with Gasteiger partial charge in [0, 0.05) is 6.42 Å². The van der Waals surface area contributed by atoms with E-state index in [4.69, 9.17) is 16.6 Å². The molecule has 0 radical (unpaired) electrons. The number of nitrogens with one attached hydrogen (secondary N) is 2. The molecule has 0 aromatic rings. The molecule has 174 valence electrons. The van der Waals surface area contributed by atoms with Crippen molar-refractivity contribution in [2.75, 3.05) is 0 Å². The fraction of sp³-hybridized carbons (Fsp3) is 0.778. The number of carbonyl (C=O) groups is 4. The highest BCUT2D eigenvalue weighted by Crippen LogP contribution is 2.24. The molecule has 8 N–H and O–H groups in total. The number of halogens is 2. The fourth-order valence-corrected chi connectivity index (χ4v) is 2.56. The van der Waals surface area contributed by atoms with Crippen LogP contribution in [0.25, 0.3) is 0 Å². The minimum atomic E-state index is -3.77. The highest BCUT2D eigenvalue weighted by atomic mass is 19.3. The quantitative estimate of drug-likeness (QED) is 0.230. The predicted molar refractivity (Wildman–Crippen MR) is 104 cm³/mol. The first kappa shape index (κ1) is 27.7. The van der Waals surface area contributed by atoms with Crippen molar-refractivity contribution in [2.24, 2.45) is 23.3 Å². The Bertz CT molecular complexity index is 630. The van der Waals surface area contributed by atoms with Crippen molar-refractivity contribution in [1.82, 2.24) is 10.6 Å². The van der Waals surface area contributed by atoms with Crippen molar-refractivity contribution >= 4 is 23.8 Å². The van der Waals surface area contributed by atoms with E-state index in [-0.39, 0.29) is 12.3 Å². The number of carboxylic acids is 2. The molecule has 0 saturated carbocycles. The van der Waals surface area contributed by atoms with E-state index in [0.717, 1.165) is 0 Å². The van der Waals surface area contributed by atoms with Gasteiger partial charge in [0.2, 0.25) is 11.8 Å². The average molecular weight is 438 g/mol. The largest absolute Gasteiger partial charge is 0.480 e. The van der Waals surface area contributed by atoms with Crippen molar-refractivity contribution in [3.63, 3.8) is 0 Å². The standard InChI is InChI=1S/C18H32F2N4O6/c1-8(2)7-11(16(27)28)23-15(26)12(9(3)4)24-14(25)10(21)5-6-18(19,20)13(22)17(29)30/h8-13H,5-7,21-22H2,1-4H3,(H,23,26)(H,24,25)(H,27,28)(H,29,30)/t10-,11-,12-,13?/m0/s1. The zero-order valence-corrected chi connectivity index (χ0v) is 17.5. The molecule has 4 atom stereocenters. The zero-order valence-electron chi connectivity index (χ0n) is 17.5. The molecule has 0 heterocycles. The van der Waals surface area contributed by atoms with Crippen LogP contribution in [0.15, 0.2) is 0 Å². The van der Waals surface area contributed by atoms with Crippen LogP contribution in [-0.2, 0) is 19.2 Å². The maximum Gasteiger partial charge on any atom is 0.326 e. The highest BCUT2D eigenvalue weighted by Gasteiger charge is 2.42. The lowest BCUT2D eigenvalue weighted by Crippen LogP contribution is -2.56. The maximum atomic E-state index is 13.7. The summed E-state index contributed by atoms with van der Waals surface area (Å²) in [7, 11) is 0. The lowest BCUT2D eigenvalue weighted by Gasteiger charge is -2.26. The third kappa shape index (κ3) is 8.99. The van der Waals surface area contributed by atoms with Crippen LogP contribution in [0.2, 0.25) is 0 Å². The Labute approximate surface area is 173 Å². The lowest BCUT2D eigenvalue weighted by atomic mass is 9.99. The molecule has 0 aromatic heterocycles. The summed E-state index contributed by atoms with van der Waals surface area (Å²) in [5.74, 6) is -8.98. The Hall–Kier alpha value is -2.34. The van der Waals surface area contributed by atoms with Gasteiger partial charge in [-0.1, -0.05) is 27.7 Å². The molecular formula is C18H32F2N4O6. The first-order valence-electron chi connectivity index (χ1n) is 9.55. The molecule has 0 aliphatic carbocycles. The summed E-state index contributed by atoms with van der Waals surface area (Å²) in [5.41, 5.74) is 10.5. The van der Waals surface area contributed by atoms with Crippen LogP contribution >= 0.6 is 0 Å². The van der Waals surface area contributed by atoms with E-state index >= 15 is 0 Å². The number of amides is 2. The summed E-state index contributed by atoms with van der Waals surface area (Å²) >= 11 is 0. The number of hydrogen-bond donors (Lipinski definition) is 6. The summed E-state index contributed by atoms with van der Waals surface area (Å²) in [6, 6.07) is -6.17. The van der Waals surface area contributed by atoms with Gasteiger partial charge in [0.25, 0.3) is 5.92 Å². The van der Waals surface area contributed by atoms with Gasteiger partial charge in [-0.25, -0.2) is 13.6 Å². The monoisotopic (exact) mass is 438 g/mol. The van der Waals surface area contributed by atoms with Crippen molar-refractivity contribution in [1.29, 1.82) is 0 Å². The molecule has 0 aliphatic heterocycles. The second-order valence-electron chi connectivity index (χ2n) is 7.98. The molecule has 0 spiro atoms. The molecule has 0 rings (SSSR count). The molecule has 0 fully saturated rings. The highest BCUT2D eigenvalue weighted by molar-refractivity contribution is 5.91. The number of alkyl halides is 2. The van der Waals surface area contributed by atoms with Gasteiger partial charge in [-0.15, -0.1) is 0 Å². The van der Waals surface area contributed by atoms with E-state index < -0.39 is 72.6 Å². The van der Waals surface area contributed by atoms with Crippen molar-refractivity contribution < 1.29 is 38.2 Å². The van der Waals surface area contributed by atoms with Crippen LogP contribution in [0.4, 0.5) is 8.78 Å². The Balaban J connectivity index is 5.04. The first-order chi connectivity index (χ1) is 13.6. The van der Waals surface area contributed by atoms with Crippen molar-refractivity contribution in [3.05, 3.63) is 0 Å². The van der Waals surface area contributed by atoms with Crippen molar-refractivity contribution in [3.8, 4) is 0 Å². The normalized spacial score (nSPS) is 15.9. The number of hydrogen-bond acceptors (Lipinski definition) is 6. The van der Waals surface area contributed by atoms with E-state index in [1.54, 1.807) is 27.7 Å². The van der Waals surface area contributed by atoms with Gasteiger partial charge in [0.15, 0.2) is 6.04 Å². The smallest absolute Gasteiger partial charge is 0.326 e. The van der Waals surface area contributed by atoms with Crippen LogP contribution in [0, 0.1) is 11.8 Å². The van der Waals surface area contributed by atoms with Gasteiger partial charge in [-0.3, -0.25) is 14.4 Å². The Kier molecular flexibility index (Phi) is 10.8. The Morgan fingerprint density at radius 3 is 1.87 bits per heavy atom. The second kappa shape index (κ2) is 11.7. The maximum absolute atomic E-state index is 13.7. The van der Waals surface area contributed by atoms with E-state index in [1.165, 1.54) is 0 Å². The third-order valence-corrected chi connectivity index (χ3v) is 4.42. The Morgan fingerprint density at radius 1 is 0.933 bits per heavy atom. The van der Waals surface area contributed by atoms with Crippen LogP contribution < -0.4 is 22.1 Å². The van der Waals surface area contributed by atoms with Crippen LogP contribution in [0.5, 0.6) is 0 Å². The van der Waals surface area contributed by atoms with E-state index in [0.29, 0.717) is 0 Å².